The maximum absolute atomic E-state index is 13.2. The zero-order valence-electron chi connectivity index (χ0n) is 17.6. The fourth-order valence-electron chi connectivity index (χ4n) is 2.88. The molecule has 1 N–H and O–H groups in total. The smallest absolute Gasteiger partial charge is 0.408 e. The molecule has 1 heterocycles. The third kappa shape index (κ3) is 8.60. The fourth-order valence-corrected chi connectivity index (χ4v) is 3.20. The first-order valence-corrected chi connectivity index (χ1v) is 10.5. The van der Waals surface area contributed by atoms with Gasteiger partial charge in [-0.25, -0.2) is 4.79 Å². The van der Waals surface area contributed by atoms with Crippen molar-refractivity contribution in [1.29, 1.82) is 0 Å². The van der Waals surface area contributed by atoms with Crippen LogP contribution in [0.4, 0.5) is 4.79 Å². The van der Waals surface area contributed by atoms with Crippen molar-refractivity contribution in [3.05, 3.63) is 11.8 Å². The van der Waals surface area contributed by atoms with Gasteiger partial charge in [0.25, 0.3) is 11.8 Å². The van der Waals surface area contributed by atoms with Crippen LogP contribution >= 0.6 is 34.8 Å². The molecule has 1 unspecified atom stereocenters. The van der Waals surface area contributed by atoms with Gasteiger partial charge in [-0.3, -0.25) is 14.5 Å². The Kier molecular flexibility index (Phi) is 9.12. The van der Waals surface area contributed by atoms with Gasteiger partial charge < -0.3 is 14.8 Å². The van der Waals surface area contributed by atoms with Crippen LogP contribution in [0.5, 0.6) is 0 Å². The van der Waals surface area contributed by atoms with E-state index in [1.807, 2.05) is 13.8 Å². The molecule has 0 aromatic heterocycles. The molecule has 166 valence electrons. The van der Waals surface area contributed by atoms with Gasteiger partial charge >= 0.3 is 6.09 Å². The Labute approximate surface area is 187 Å². The second-order valence-corrected chi connectivity index (χ2v) is 10.8. The van der Waals surface area contributed by atoms with E-state index in [-0.39, 0.29) is 18.8 Å². The molecule has 29 heavy (non-hydrogen) atoms. The number of imide groups is 1. The quantitative estimate of drug-likeness (QED) is 0.558. The van der Waals surface area contributed by atoms with Crippen molar-refractivity contribution in [2.75, 3.05) is 7.11 Å². The second kappa shape index (κ2) is 10.2. The van der Waals surface area contributed by atoms with Gasteiger partial charge in [-0.1, -0.05) is 48.7 Å². The molecule has 0 aliphatic carbocycles. The van der Waals surface area contributed by atoms with E-state index in [4.69, 9.17) is 44.3 Å². The summed E-state index contributed by atoms with van der Waals surface area (Å²) in [6, 6.07) is -1.67. The van der Waals surface area contributed by atoms with Gasteiger partial charge in [0.1, 0.15) is 17.4 Å². The van der Waals surface area contributed by atoms with Crippen molar-refractivity contribution in [1.82, 2.24) is 10.2 Å². The maximum atomic E-state index is 13.2. The van der Waals surface area contributed by atoms with E-state index >= 15 is 0 Å². The van der Waals surface area contributed by atoms with Crippen molar-refractivity contribution < 1.29 is 23.9 Å². The van der Waals surface area contributed by atoms with Crippen molar-refractivity contribution in [3.8, 4) is 0 Å². The lowest BCUT2D eigenvalue weighted by atomic mass is 10.0. The number of carbonyl (C=O) groups excluding carboxylic acids is 3. The molecule has 2 atom stereocenters. The molecule has 0 bridgehead atoms. The Balaban J connectivity index is 3.10. The summed E-state index contributed by atoms with van der Waals surface area (Å²) in [5.74, 6) is -0.529. The summed E-state index contributed by atoms with van der Waals surface area (Å²) >= 11 is 17.5. The van der Waals surface area contributed by atoms with Crippen LogP contribution in [0.25, 0.3) is 0 Å². The van der Waals surface area contributed by atoms with Gasteiger partial charge in [-0.05, 0) is 46.0 Å². The van der Waals surface area contributed by atoms with E-state index in [0.29, 0.717) is 12.2 Å². The molecular weight excluding hydrogens is 443 g/mol. The molecule has 1 aliphatic heterocycles. The number of nitrogens with zero attached hydrogens (tertiary/aromatic N) is 1. The zero-order chi connectivity index (χ0) is 22.6. The van der Waals surface area contributed by atoms with E-state index in [0.717, 1.165) is 4.90 Å². The van der Waals surface area contributed by atoms with Crippen molar-refractivity contribution in [2.24, 2.45) is 5.92 Å². The first-order valence-electron chi connectivity index (χ1n) is 9.33. The largest absolute Gasteiger partial charge is 0.499 e. The van der Waals surface area contributed by atoms with E-state index in [2.05, 4.69) is 5.32 Å². The average Bonchev–Trinajstić information content (AvgIpc) is 2.83. The SMILES string of the molecule is COC1=CC(=O)N(C(=O)[C@@H](CCC(Cl)(Cl)Cl)NC(=O)OC(C)(C)C)C1CC(C)C. The summed E-state index contributed by atoms with van der Waals surface area (Å²) in [6.45, 7) is 9.03. The molecular formula is C19H29Cl3N2O5. The molecule has 10 heteroatoms. The van der Waals surface area contributed by atoms with Crippen LogP contribution in [0.1, 0.15) is 53.9 Å². The van der Waals surface area contributed by atoms with Gasteiger partial charge in [0, 0.05) is 6.08 Å². The van der Waals surface area contributed by atoms with E-state index in [1.54, 1.807) is 20.8 Å². The summed E-state index contributed by atoms with van der Waals surface area (Å²) < 4.78 is 8.90. The van der Waals surface area contributed by atoms with Crippen LogP contribution < -0.4 is 5.32 Å². The Morgan fingerprint density at radius 2 is 1.83 bits per heavy atom. The lowest BCUT2D eigenvalue weighted by molar-refractivity contribution is -0.145. The van der Waals surface area contributed by atoms with Gasteiger partial charge in [-0.2, -0.15) is 0 Å². The standard InChI is InChI=1S/C19H29Cl3N2O5/c1-11(2)9-13-14(28-6)10-15(25)24(13)16(26)12(7-8-19(20,21)22)23-17(27)29-18(3,4)5/h10-13H,7-9H2,1-6H3,(H,23,27)/t12-,13?/m1/s1. The van der Waals surface area contributed by atoms with Gasteiger partial charge in [0.2, 0.25) is 0 Å². The number of methoxy groups -OCH3 is 1. The number of halogens is 3. The van der Waals surface area contributed by atoms with E-state index in [9.17, 15) is 14.4 Å². The Morgan fingerprint density at radius 1 is 1.24 bits per heavy atom. The number of alkyl carbamates (subject to hydrolysis) is 1. The summed E-state index contributed by atoms with van der Waals surface area (Å²) in [6.07, 6.45) is 0.998. The predicted octanol–water partition coefficient (Wildman–Crippen LogP) is 4.34. The van der Waals surface area contributed by atoms with Crippen LogP contribution in [0.15, 0.2) is 11.8 Å². The van der Waals surface area contributed by atoms with Crippen molar-refractivity contribution in [2.45, 2.75) is 75.4 Å². The number of amides is 3. The van der Waals surface area contributed by atoms with Crippen LogP contribution in [0.3, 0.4) is 0 Å². The molecule has 0 fully saturated rings. The van der Waals surface area contributed by atoms with Gasteiger partial charge in [0.15, 0.2) is 3.79 Å². The topological polar surface area (TPSA) is 84.9 Å². The van der Waals surface area contributed by atoms with Gasteiger partial charge in [0.05, 0.1) is 13.2 Å². The molecule has 0 radical (unpaired) electrons. The monoisotopic (exact) mass is 470 g/mol. The normalized spacial score (nSPS) is 18.6. The number of hydrogen-bond donors (Lipinski definition) is 1. The lowest BCUT2D eigenvalue weighted by Crippen LogP contribution is -2.53. The highest BCUT2D eigenvalue weighted by Crippen LogP contribution is 2.33. The van der Waals surface area contributed by atoms with Crippen LogP contribution in [-0.4, -0.2) is 51.4 Å². The lowest BCUT2D eigenvalue weighted by Gasteiger charge is -2.30. The third-order valence-corrected chi connectivity index (χ3v) is 4.58. The van der Waals surface area contributed by atoms with Crippen LogP contribution in [0, 0.1) is 5.92 Å². The number of rotatable bonds is 7. The zero-order valence-corrected chi connectivity index (χ0v) is 19.8. The Bertz CT molecular complexity index is 653. The molecule has 3 amide bonds. The van der Waals surface area contributed by atoms with Crippen LogP contribution in [-0.2, 0) is 19.1 Å². The third-order valence-electron chi connectivity index (χ3n) is 4.02. The van der Waals surface area contributed by atoms with Crippen molar-refractivity contribution >= 4 is 52.7 Å². The molecule has 0 aromatic rings. The number of carbonyl (C=O) groups is 3. The average molecular weight is 472 g/mol. The second-order valence-electron chi connectivity index (χ2n) is 8.30. The Morgan fingerprint density at radius 3 is 2.28 bits per heavy atom. The first kappa shape index (κ1) is 25.9. The summed E-state index contributed by atoms with van der Waals surface area (Å²) in [5.41, 5.74) is -0.763. The van der Waals surface area contributed by atoms with Gasteiger partial charge in [-0.15, -0.1) is 0 Å². The summed E-state index contributed by atoms with van der Waals surface area (Å²) in [7, 11) is 1.44. The number of nitrogens with one attached hydrogen (secondary N) is 1. The highest BCUT2D eigenvalue weighted by molar-refractivity contribution is 6.67. The minimum atomic E-state index is -1.61. The minimum Gasteiger partial charge on any atom is -0.499 e. The fraction of sp³-hybridized carbons (Fsp3) is 0.737. The molecule has 0 saturated carbocycles. The minimum absolute atomic E-state index is 0.00862. The Hall–Kier alpha value is -1.18. The maximum Gasteiger partial charge on any atom is 0.408 e. The molecule has 0 aromatic carbocycles. The highest BCUT2D eigenvalue weighted by atomic mass is 35.6. The van der Waals surface area contributed by atoms with Crippen molar-refractivity contribution in [3.63, 3.8) is 0 Å². The molecule has 0 spiro atoms. The number of alkyl halides is 3. The molecule has 7 nitrogen and oxygen atoms in total. The van der Waals surface area contributed by atoms with Crippen LogP contribution in [0.2, 0.25) is 0 Å². The molecule has 0 saturated heterocycles. The number of hydrogen-bond acceptors (Lipinski definition) is 5. The predicted molar refractivity (Wildman–Crippen MR) is 113 cm³/mol. The molecule has 1 aliphatic rings. The van der Waals surface area contributed by atoms with E-state index < -0.39 is 39.4 Å². The molecule has 1 rings (SSSR count). The summed E-state index contributed by atoms with van der Waals surface area (Å²) in [5, 5.41) is 2.51. The van der Waals surface area contributed by atoms with E-state index in [1.165, 1.54) is 13.2 Å². The highest BCUT2D eigenvalue weighted by Gasteiger charge is 2.42. The number of ether oxygens (including phenoxy) is 2. The first-order chi connectivity index (χ1) is 13.1. The summed E-state index contributed by atoms with van der Waals surface area (Å²) in [4.78, 5) is 39.1.